The molecule has 2 N–H and O–H groups in total. The van der Waals surface area contributed by atoms with Crippen LogP contribution >= 0.6 is 0 Å². The van der Waals surface area contributed by atoms with Crippen LogP contribution in [0.25, 0.3) is 5.57 Å². The normalized spacial score (nSPS) is 11.0. The molecule has 0 aliphatic carbocycles. The summed E-state index contributed by atoms with van der Waals surface area (Å²) in [5.74, 6) is 0.227. The topological polar surface area (TPSA) is 111 Å². The molecule has 0 bridgehead atoms. The van der Waals surface area contributed by atoms with Crippen molar-refractivity contribution in [1.82, 2.24) is 25.5 Å². The van der Waals surface area contributed by atoms with Gasteiger partial charge in [0.15, 0.2) is 0 Å². The van der Waals surface area contributed by atoms with E-state index >= 15 is 0 Å². The number of nitrogens with one attached hydrogen (secondary N) is 2. The summed E-state index contributed by atoms with van der Waals surface area (Å²) in [5, 5.41) is 25.5. The highest BCUT2D eigenvalue weighted by Crippen LogP contribution is 2.19. The Bertz CT molecular complexity index is 770. The molecule has 8 nitrogen and oxygen atoms in total. The minimum Gasteiger partial charge on any atom is -0.360 e. The van der Waals surface area contributed by atoms with E-state index in [1.54, 1.807) is 11.0 Å². The van der Waals surface area contributed by atoms with Crippen LogP contribution in [0.4, 0.5) is 5.69 Å². The summed E-state index contributed by atoms with van der Waals surface area (Å²) >= 11 is 0. The van der Waals surface area contributed by atoms with Gasteiger partial charge in [-0.25, -0.2) is 0 Å². The zero-order chi connectivity index (χ0) is 17.5. The number of aromatic amines is 1. The van der Waals surface area contributed by atoms with Crippen LogP contribution in [0.15, 0.2) is 24.4 Å². The van der Waals surface area contributed by atoms with E-state index in [0.717, 1.165) is 11.3 Å². The number of allylic oxidation sites excluding steroid dienone is 1. The summed E-state index contributed by atoms with van der Waals surface area (Å²) in [4.78, 5) is 14.1. The van der Waals surface area contributed by atoms with Crippen LogP contribution < -0.4 is 5.32 Å². The summed E-state index contributed by atoms with van der Waals surface area (Å²) in [6, 6.07) is 7.42. The van der Waals surface area contributed by atoms with E-state index in [9.17, 15) is 4.79 Å². The maximum Gasteiger partial charge on any atom is 0.253 e. The van der Waals surface area contributed by atoms with Crippen LogP contribution in [0.2, 0.25) is 0 Å². The highest BCUT2D eigenvalue weighted by atomic mass is 16.2. The number of nitrogens with zero attached hydrogens (tertiary/aromatic N) is 5. The van der Waals surface area contributed by atoms with Crippen molar-refractivity contribution < 1.29 is 4.79 Å². The molecule has 0 fully saturated rings. The van der Waals surface area contributed by atoms with Crippen molar-refractivity contribution in [3.8, 4) is 6.07 Å². The van der Waals surface area contributed by atoms with Crippen molar-refractivity contribution in [3.63, 3.8) is 0 Å². The fourth-order valence-corrected chi connectivity index (χ4v) is 2.22. The number of hydrogen-bond acceptors (Lipinski definition) is 6. The number of carbonyl (C=O) groups is 1. The molecular formula is C16H19N7O. The molecule has 0 radical (unpaired) electrons. The third-order valence-electron chi connectivity index (χ3n) is 3.60. The fourth-order valence-electron chi connectivity index (χ4n) is 2.22. The SMILES string of the molecule is CCN(CC)C(=O)c1ccc(NC=C(C#N)c2nn[nH]n2)c(C)c1. The molecular weight excluding hydrogens is 306 g/mol. The molecule has 1 heterocycles. The Labute approximate surface area is 140 Å². The van der Waals surface area contributed by atoms with Crippen molar-refractivity contribution in [2.45, 2.75) is 20.8 Å². The number of carbonyl (C=O) groups excluding carboxylic acids is 1. The van der Waals surface area contributed by atoms with E-state index in [1.165, 1.54) is 6.20 Å². The van der Waals surface area contributed by atoms with Crippen molar-refractivity contribution in [1.29, 1.82) is 5.26 Å². The predicted molar refractivity (Wildman–Crippen MR) is 89.8 cm³/mol. The number of anilines is 1. The summed E-state index contributed by atoms with van der Waals surface area (Å²) in [6.45, 7) is 7.16. The Morgan fingerprint density at radius 3 is 2.71 bits per heavy atom. The first-order valence-electron chi connectivity index (χ1n) is 7.61. The highest BCUT2D eigenvalue weighted by molar-refractivity contribution is 5.95. The van der Waals surface area contributed by atoms with Gasteiger partial charge in [-0.15, -0.1) is 10.2 Å². The third-order valence-corrected chi connectivity index (χ3v) is 3.60. The quantitative estimate of drug-likeness (QED) is 0.786. The average Bonchev–Trinajstić information content (AvgIpc) is 3.12. The predicted octanol–water partition coefficient (Wildman–Crippen LogP) is 1.97. The Kier molecular flexibility index (Phi) is 5.63. The summed E-state index contributed by atoms with van der Waals surface area (Å²) in [6.07, 6.45) is 1.51. The van der Waals surface area contributed by atoms with E-state index < -0.39 is 0 Å². The maximum atomic E-state index is 12.4. The van der Waals surface area contributed by atoms with E-state index in [0.29, 0.717) is 18.7 Å². The molecule has 0 aliphatic heterocycles. The van der Waals surface area contributed by atoms with Gasteiger partial charge in [0.25, 0.3) is 5.91 Å². The monoisotopic (exact) mass is 325 g/mol. The van der Waals surface area contributed by atoms with E-state index in [-0.39, 0.29) is 17.3 Å². The number of hydrogen-bond donors (Lipinski definition) is 2. The molecule has 1 aromatic heterocycles. The molecule has 24 heavy (non-hydrogen) atoms. The molecule has 0 unspecified atom stereocenters. The molecule has 124 valence electrons. The standard InChI is InChI=1S/C16H19N7O/c1-4-23(5-2)16(24)12-6-7-14(11(3)8-12)18-10-13(9-17)15-19-21-22-20-15/h6-8,10,18H,4-5H2,1-3H3,(H,19,20,21,22). The van der Waals surface area contributed by atoms with Crippen molar-refractivity contribution in [2.24, 2.45) is 0 Å². The highest BCUT2D eigenvalue weighted by Gasteiger charge is 2.13. The molecule has 0 atom stereocenters. The van der Waals surface area contributed by atoms with Gasteiger partial charge in [0, 0.05) is 30.5 Å². The zero-order valence-corrected chi connectivity index (χ0v) is 13.9. The van der Waals surface area contributed by atoms with Crippen molar-refractivity contribution in [3.05, 3.63) is 41.4 Å². The Hall–Kier alpha value is -3.21. The smallest absolute Gasteiger partial charge is 0.253 e. The first-order valence-corrected chi connectivity index (χ1v) is 7.61. The van der Waals surface area contributed by atoms with Gasteiger partial charge in [0.2, 0.25) is 5.82 Å². The van der Waals surface area contributed by atoms with Crippen LogP contribution in [0.5, 0.6) is 0 Å². The second-order valence-corrected chi connectivity index (χ2v) is 5.06. The number of amides is 1. The Morgan fingerprint density at radius 1 is 1.42 bits per heavy atom. The van der Waals surface area contributed by atoms with Gasteiger partial charge >= 0.3 is 0 Å². The van der Waals surface area contributed by atoms with E-state index in [2.05, 4.69) is 25.9 Å². The zero-order valence-electron chi connectivity index (χ0n) is 13.9. The number of aryl methyl sites for hydroxylation is 1. The lowest BCUT2D eigenvalue weighted by Gasteiger charge is -2.19. The van der Waals surface area contributed by atoms with Gasteiger partial charge in [0.05, 0.1) is 0 Å². The van der Waals surface area contributed by atoms with Gasteiger partial charge in [-0.2, -0.15) is 10.5 Å². The summed E-state index contributed by atoms with van der Waals surface area (Å²) in [7, 11) is 0. The third kappa shape index (κ3) is 3.76. The lowest BCUT2D eigenvalue weighted by molar-refractivity contribution is 0.0773. The van der Waals surface area contributed by atoms with Gasteiger partial charge in [0.1, 0.15) is 11.6 Å². The summed E-state index contributed by atoms with van der Waals surface area (Å²) < 4.78 is 0. The first-order chi connectivity index (χ1) is 11.6. The second-order valence-electron chi connectivity index (χ2n) is 5.06. The Balaban J connectivity index is 2.19. The molecule has 0 aliphatic rings. The maximum absolute atomic E-state index is 12.4. The van der Waals surface area contributed by atoms with Crippen LogP contribution in [-0.2, 0) is 0 Å². The second kappa shape index (κ2) is 7.87. The van der Waals surface area contributed by atoms with Crippen LogP contribution in [0, 0.1) is 18.3 Å². The lowest BCUT2D eigenvalue weighted by Crippen LogP contribution is -2.30. The molecule has 1 amide bonds. The molecule has 1 aromatic carbocycles. The minimum atomic E-state index is 0.00898. The van der Waals surface area contributed by atoms with Gasteiger partial charge in [-0.1, -0.05) is 0 Å². The molecule has 0 saturated heterocycles. The number of rotatable bonds is 6. The number of aromatic nitrogens is 4. The van der Waals surface area contributed by atoms with E-state index in [4.69, 9.17) is 5.26 Å². The molecule has 8 heteroatoms. The lowest BCUT2D eigenvalue weighted by atomic mass is 10.1. The number of H-pyrrole nitrogens is 1. The largest absolute Gasteiger partial charge is 0.360 e. The molecule has 0 spiro atoms. The average molecular weight is 325 g/mol. The number of tetrazole rings is 1. The molecule has 0 saturated carbocycles. The first kappa shape index (κ1) is 17.1. The van der Waals surface area contributed by atoms with Crippen LogP contribution in [0.1, 0.15) is 35.6 Å². The number of nitriles is 1. The number of benzene rings is 1. The fraction of sp³-hybridized carbons (Fsp3) is 0.312. The van der Waals surface area contributed by atoms with Gasteiger partial charge in [-0.3, -0.25) is 4.79 Å². The van der Waals surface area contributed by atoms with Crippen LogP contribution in [-0.4, -0.2) is 44.5 Å². The summed E-state index contributed by atoms with van der Waals surface area (Å²) in [5.41, 5.74) is 2.59. The minimum absolute atomic E-state index is 0.00898. The molecule has 2 aromatic rings. The van der Waals surface area contributed by atoms with Crippen molar-refractivity contribution in [2.75, 3.05) is 18.4 Å². The van der Waals surface area contributed by atoms with Gasteiger partial charge in [-0.05, 0) is 49.7 Å². The Morgan fingerprint density at radius 2 is 2.17 bits per heavy atom. The van der Waals surface area contributed by atoms with E-state index in [1.807, 2.05) is 39.0 Å². The van der Waals surface area contributed by atoms with Crippen LogP contribution in [0.3, 0.4) is 0 Å². The van der Waals surface area contributed by atoms with Crippen molar-refractivity contribution >= 4 is 17.2 Å². The van der Waals surface area contributed by atoms with Gasteiger partial charge < -0.3 is 10.2 Å². The molecule has 2 rings (SSSR count).